The summed E-state index contributed by atoms with van der Waals surface area (Å²) in [6, 6.07) is 1.22. The Morgan fingerprint density at radius 3 is 2.56 bits per heavy atom. The number of carbonyl (C=O) groups is 1. The predicted octanol–water partition coefficient (Wildman–Crippen LogP) is 1.77. The van der Waals surface area contributed by atoms with Crippen LogP contribution in [-0.4, -0.2) is 85.5 Å². The van der Waals surface area contributed by atoms with Gasteiger partial charge in [-0.15, -0.1) is 0 Å². The standard InChI is InChI=1S/C21H37N5O/c1-24(2)20(27)14-22-21(23-19-13-16-6-7-17(19)12-16)26-11-8-18(15-26)25-9-4-3-5-10-25/h16-19H,3-15H2,1-2H3,(H,22,23). The second-order valence-electron chi connectivity index (χ2n) is 9.34. The SMILES string of the molecule is CN(C)C(=O)CN=C(NC1CC2CCC1C2)N1CCC(N2CCCCC2)C1. The summed E-state index contributed by atoms with van der Waals surface area (Å²) in [6.07, 6.45) is 10.7. The van der Waals surface area contributed by atoms with Gasteiger partial charge in [0.25, 0.3) is 0 Å². The zero-order valence-electron chi connectivity index (χ0n) is 17.2. The monoisotopic (exact) mass is 375 g/mol. The van der Waals surface area contributed by atoms with E-state index in [9.17, 15) is 4.79 Å². The molecule has 27 heavy (non-hydrogen) atoms. The van der Waals surface area contributed by atoms with Crippen LogP contribution in [0, 0.1) is 11.8 Å². The molecule has 2 saturated carbocycles. The fraction of sp³-hybridized carbons (Fsp3) is 0.905. The third-order valence-corrected chi connectivity index (χ3v) is 7.29. The number of hydrogen-bond donors (Lipinski definition) is 1. The van der Waals surface area contributed by atoms with Crippen LogP contribution in [0.1, 0.15) is 51.4 Å². The summed E-state index contributed by atoms with van der Waals surface area (Å²) in [4.78, 5) is 23.6. The molecular formula is C21H37N5O. The highest BCUT2D eigenvalue weighted by Gasteiger charge is 2.41. The van der Waals surface area contributed by atoms with E-state index in [2.05, 4.69) is 15.1 Å². The van der Waals surface area contributed by atoms with Crippen molar-refractivity contribution >= 4 is 11.9 Å². The summed E-state index contributed by atoms with van der Waals surface area (Å²) in [6.45, 7) is 4.88. The Bertz CT molecular complexity index is 557. The van der Waals surface area contributed by atoms with E-state index in [4.69, 9.17) is 4.99 Å². The molecule has 0 aromatic heterocycles. The van der Waals surface area contributed by atoms with Gasteiger partial charge in [-0.25, -0.2) is 4.99 Å². The molecule has 2 saturated heterocycles. The van der Waals surface area contributed by atoms with Crippen molar-refractivity contribution < 1.29 is 4.79 Å². The average Bonchev–Trinajstić information content (AvgIpc) is 3.42. The summed E-state index contributed by atoms with van der Waals surface area (Å²) in [7, 11) is 3.62. The molecule has 0 aromatic rings. The number of carbonyl (C=O) groups excluding carboxylic acids is 1. The van der Waals surface area contributed by atoms with Gasteiger partial charge >= 0.3 is 0 Å². The summed E-state index contributed by atoms with van der Waals surface area (Å²) < 4.78 is 0. The maximum Gasteiger partial charge on any atom is 0.243 e. The molecule has 4 atom stereocenters. The van der Waals surface area contributed by atoms with Gasteiger partial charge < -0.3 is 15.1 Å². The molecule has 2 heterocycles. The topological polar surface area (TPSA) is 51.2 Å². The van der Waals surface area contributed by atoms with Gasteiger partial charge in [0, 0.05) is 39.3 Å². The number of piperidine rings is 1. The van der Waals surface area contributed by atoms with Crippen LogP contribution in [0.15, 0.2) is 4.99 Å². The van der Waals surface area contributed by atoms with Crippen molar-refractivity contribution in [3.63, 3.8) is 0 Å². The van der Waals surface area contributed by atoms with Gasteiger partial charge in [-0.3, -0.25) is 9.69 Å². The molecule has 2 aliphatic heterocycles. The zero-order valence-corrected chi connectivity index (χ0v) is 17.2. The molecule has 0 spiro atoms. The van der Waals surface area contributed by atoms with Gasteiger partial charge in [0.15, 0.2) is 5.96 Å². The summed E-state index contributed by atoms with van der Waals surface area (Å²) in [5, 5.41) is 3.79. The number of nitrogens with one attached hydrogen (secondary N) is 1. The largest absolute Gasteiger partial charge is 0.353 e. The van der Waals surface area contributed by atoms with Crippen molar-refractivity contribution in [2.75, 3.05) is 46.8 Å². The number of aliphatic imine (C=N–C) groups is 1. The van der Waals surface area contributed by atoms with Gasteiger partial charge in [0.05, 0.1) is 0 Å². The van der Waals surface area contributed by atoms with E-state index in [1.54, 1.807) is 4.90 Å². The maximum atomic E-state index is 12.1. The Kier molecular flexibility index (Phi) is 5.90. The number of rotatable bonds is 4. The van der Waals surface area contributed by atoms with Crippen LogP contribution in [-0.2, 0) is 4.79 Å². The number of hydrogen-bond acceptors (Lipinski definition) is 3. The van der Waals surface area contributed by atoms with E-state index < -0.39 is 0 Å². The second-order valence-corrected chi connectivity index (χ2v) is 9.34. The Hall–Kier alpha value is -1.30. The van der Waals surface area contributed by atoms with Crippen LogP contribution in [0.25, 0.3) is 0 Å². The molecule has 4 aliphatic rings. The van der Waals surface area contributed by atoms with Crippen molar-refractivity contribution in [3.05, 3.63) is 0 Å². The average molecular weight is 376 g/mol. The highest BCUT2D eigenvalue weighted by molar-refractivity contribution is 5.85. The third kappa shape index (κ3) is 4.41. The normalized spacial score (nSPS) is 34.3. The number of likely N-dealkylation sites (tertiary alicyclic amines) is 2. The highest BCUT2D eigenvalue weighted by atomic mass is 16.2. The minimum absolute atomic E-state index is 0.0778. The highest BCUT2D eigenvalue weighted by Crippen LogP contribution is 2.44. The van der Waals surface area contributed by atoms with Crippen LogP contribution in [0.2, 0.25) is 0 Å². The van der Waals surface area contributed by atoms with Crippen LogP contribution in [0.4, 0.5) is 0 Å². The number of nitrogens with zero attached hydrogens (tertiary/aromatic N) is 4. The molecular weight excluding hydrogens is 338 g/mol. The van der Waals surface area contributed by atoms with E-state index in [0.29, 0.717) is 12.1 Å². The zero-order chi connectivity index (χ0) is 18.8. The lowest BCUT2D eigenvalue weighted by Crippen LogP contribution is -2.49. The van der Waals surface area contributed by atoms with Crippen molar-refractivity contribution in [3.8, 4) is 0 Å². The molecule has 2 bridgehead atoms. The summed E-state index contributed by atoms with van der Waals surface area (Å²) in [5.74, 6) is 2.79. The van der Waals surface area contributed by atoms with Crippen molar-refractivity contribution in [1.29, 1.82) is 0 Å². The number of likely N-dealkylation sites (N-methyl/N-ethyl adjacent to an activating group) is 1. The van der Waals surface area contributed by atoms with Crippen LogP contribution < -0.4 is 5.32 Å². The lowest BCUT2D eigenvalue weighted by molar-refractivity contribution is -0.127. The summed E-state index contributed by atoms with van der Waals surface area (Å²) >= 11 is 0. The third-order valence-electron chi connectivity index (χ3n) is 7.29. The van der Waals surface area contributed by atoms with E-state index in [1.807, 2.05) is 14.1 Å². The van der Waals surface area contributed by atoms with Crippen molar-refractivity contribution in [2.45, 2.75) is 63.5 Å². The summed E-state index contributed by atoms with van der Waals surface area (Å²) in [5.41, 5.74) is 0. The van der Waals surface area contributed by atoms with E-state index >= 15 is 0 Å². The number of guanidine groups is 1. The smallest absolute Gasteiger partial charge is 0.243 e. The van der Waals surface area contributed by atoms with E-state index in [0.717, 1.165) is 30.9 Å². The number of fused-ring (bicyclic) bond motifs is 2. The molecule has 1 amide bonds. The minimum Gasteiger partial charge on any atom is -0.353 e. The minimum atomic E-state index is 0.0778. The molecule has 4 fully saturated rings. The van der Waals surface area contributed by atoms with Gasteiger partial charge in [-0.1, -0.05) is 12.8 Å². The van der Waals surface area contributed by atoms with Gasteiger partial charge in [0.2, 0.25) is 5.91 Å². The van der Waals surface area contributed by atoms with E-state index in [-0.39, 0.29) is 12.5 Å². The molecule has 1 N–H and O–H groups in total. The Balaban J connectivity index is 1.41. The molecule has 6 heteroatoms. The van der Waals surface area contributed by atoms with E-state index in [1.165, 1.54) is 64.5 Å². The molecule has 152 valence electrons. The first-order chi connectivity index (χ1) is 13.1. The molecule has 4 rings (SSSR count). The molecule has 2 aliphatic carbocycles. The predicted molar refractivity (Wildman–Crippen MR) is 109 cm³/mol. The first-order valence-electron chi connectivity index (χ1n) is 11.1. The fourth-order valence-electron chi connectivity index (χ4n) is 5.62. The number of amides is 1. The lowest BCUT2D eigenvalue weighted by atomic mass is 9.95. The quantitative estimate of drug-likeness (QED) is 0.601. The maximum absolute atomic E-state index is 12.1. The molecule has 0 radical (unpaired) electrons. The van der Waals surface area contributed by atoms with Gasteiger partial charge in [-0.2, -0.15) is 0 Å². The Labute approximate surface area is 164 Å². The van der Waals surface area contributed by atoms with Crippen molar-refractivity contribution in [2.24, 2.45) is 16.8 Å². The molecule has 6 nitrogen and oxygen atoms in total. The Morgan fingerprint density at radius 1 is 1.07 bits per heavy atom. The molecule has 4 unspecified atom stereocenters. The fourth-order valence-corrected chi connectivity index (χ4v) is 5.62. The molecule has 0 aromatic carbocycles. The van der Waals surface area contributed by atoms with Crippen molar-refractivity contribution in [1.82, 2.24) is 20.0 Å². The first kappa shape index (κ1) is 19.0. The lowest BCUT2D eigenvalue weighted by Gasteiger charge is -2.33. The van der Waals surface area contributed by atoms with Crippen LogP contribution in [0.5, 0.6) is 0 Å². The van der Waals surface area contributed by atoms with Gasteiger partial charge in [0.1, 0.15) is 6.54 Å². The first-order valence-corrected chi connectivity index (χ1v) is 11.1. The second kappa shape index (κ2) is 8.38. The Morgan fingerprint density at radius 2 is 1.89 bits per heavy atom. The van der Waals surface area contributed by atoms with Crippen LogP contribution in [0.3, 0.4) is 0 Å². The van der Waals surface area contributed by atoms with Gasteiger partial charge in [-0.05, 0) is 63.5 Å². The van der Waals surface area contributed by atoms with Crippen LogP contribution >= 0.6 is 0 Å².